The van der Waals surface area contributed by atoms with Gasteiger partial charge in [0.2, 0.25) is 12.6 Å². The average Bonchev–Trinajstić information content (AvgIpc) is 3.52. The number of Topliss-reactive ketones (excluding diaryl/α,β-unsaturated/α-hetero) is 1. The smallest absolute Gasteiger partial charge is 0.260 e. The molecule has 2 saturated carbocycles. The van der Waals surface area contributed by atoms with Gasteiger partial charge < -0.3 is 33.4 Å². The van der Waals surface area contributed by atoms with Crippen LogP contribution in [-0.2, 0) is 25.7 Å². The molecule has 4 aliphatic carbocycles. The third-order valence-corrected chi connectivity index (χ3v) is 15.2. The molecule has 4 heterocycles. The lowest BCUT2D eigenvalue weighted by atomic mass is 9.39. The number of hydrogen-bond acceptors (Lipinski definition) is 10. The van der Waals surface area contributed by atoms with Crippen molar-refractivity contribution < 1.29 is 42.9 Å². The van der Waals surface area contributed by atoms with Crippen molar-refractivity contribution in [3.05, 3.63) is 101 Å². The zero-order valence-corrected chi connectivity index (χ0v) is 35.7. The van der Waals surface area contributed by atoms with Gasteiger partial charge in [0.1, 0.15) is 11.4 Å². The van der Waals surface area contributed by atoms with Crippen molar-refractivity contribution in [3.63, 3.8) is 0 Å². The fraction of sp³-hybridized carbons (Fsp3) is 0.500. The monoisotopic (exact) mass is 846 g/mol. The Morgan fingerprint density at radius 1 is 0.966 bits per heavy atom. The summed E-state index contributed by atoms with van der Waals surface area (Å²) in [5, 5.41) is 12.0. The minimum Gasteiger partial charge on any atom is -0.504 e. The number of aliphatic hydroxyl groups is 1. The molecule has 1 N–H and O–H groups in total. The molecular formula is C46H52Cl2N2O9. The minimum absolute atomic E-state index is 0. The summed E-state index contributed by atoms with van der Waals surface area (Å²) in [6, 6.07) is 15.1. The summed E-state index contributed by atoms with van der Waals surface area (Å²) in [5.74, 6) is 1.95. The number of carbonyl (C=O) groups is 3. The second-order valence-corrected chi connectivity index (χ2v) is 18.6. The van der Waals surface area contributed by atoms with E-state index in [0.29, 0.717) is 29.4 Å². The van der Waals surface area contributed by atoms with E-state index in [-0.39, 0.29) is 72.4 Å². The molecule has 11 nitrogen and oxygen atoms in total. The van der Waals surface area contributed by atoms with Crippen LogP contribution in [0.3, 0.4) is 0 Å². The Kier molecular flexibility index (Phi) is 10.3. The van der Waals surface area contributed by atoms with Crippen LogP contribution in [0.25, 0.3) is 0 Å². The summed E-state index contributed by atoms with van der Waals surface area (Å²) < 4.78 is 28.2. The predicted octanol–water partition coefficient (Wildman–Crippen LogP) is 8.11. The number of ether oxygens (including phenoxy) is 4. The molecule has 314 valence electrons. The summed E-state index contributed by atoms with van der Waals surface area (Å²) >= 11 is 5.85. The highest BCUT2D eigenvalue weighted by Gasteiger charge is 2.87. The number of piperazine rings is 1. The number of ketones is 2. The molecule has 0 bridgehead atoms. The molecular weight excluding hydrogens is 795 g/mol. The lowest BCUT2D eigenvalue weighted by Crippen LogP contribution is -2.66. The van der Waals surface area contributed by atoms with Gasteiger partial charge in [0, 0.05) is 48.6 Å². The topological polar surface area (TPSA) is 131 Å². The minimum atomic E-state index is -0.901. The molecule has 4 fully saturated rings. The number of benzene rings is 2. The van der Waals surface area contributed by atoms with Crippen LogP contribution in [-0.4, -0.2) is 83.7 Å². The molecule has 0 radical (unpaired) electrons. The SMILES string of the molecule is CC1(C)C(=O)C=CC2(C)C1=C(O)C(=O)C1(C)C2CCC2(C)C(c3ccoc3)CC3OC321.Cl.O=C(COc1ccc(Cl)cc1)N1CCN(Cc2ccc3c(c2)OCO3)CC1. The van der Waals surface area contributed by atoms with Crippen molar-refractivity contribution in [2.45, 2.75) is 78.0 Å². The molecule has 13 heteroatoms. The second kappa shape index (κ2) is 14.7. The molecule has 7 aliphatic rings. The fourth-order valence-corrected chi connectivity index (χ4v) is 12.1. The number of rotatable bonds is 6. The Bertz CT molecular complexity index is 2210. The predicted molar refractivity (Wildman–Crippen MR) is 222 cm³/mol. The molecule has 2 aromatic carbocycles. The number of fused-ring (bicyclic) bond motifs is 4. The largest absolute Gasteiger partial charge is 0.504 e. The zero-order valence-electron chi connectivity index (χ0n) is 34.1. The summed E-state index contributed by atoms with van der Waals surface area (Å²) in [4.78, 5) is 43.3. The Hall–Kier alpha value is -4.29. The van der Waals surface area contributed by atoms with Gasteiger partial charge in [-0.2, -0.15) is 0 Å². The van der Waals surface area contributed by atoms with Gasteiger partial charge in [0.15, 0.2) is 29.6 Å². The molecule has 3 aromatic rings. The normalized spacial score (nSPS) is 33.5. The van der Waals surface area contributed by atoms with E-state index in [2.05, 4.69) is 24.8 Å². The maximum absolute atomic E-state index is 14.0. The van der Waals surface area contributed by atoms with Crippen molar-refractivity contribution in [2.24, 2.45) is 27.6 Å². The van der Waals surface area contributed by atoms with Crippen LogP contribution in [0.4, 0.5) is 0 Å². The van der Waals surface area contributed by atoms with Gasteiger partial charge >= 0.3 is 0 Å². The first-order chi connectivity index (χ1) is 27.6. The van der Waals surface area contributed by atoms with Crippen LogP contribution < -0.4 is 14.2 Å². The van der Waals surface area contributed by atoms with E-state index >= 15 is 0 Å². The third kappa shape index (κ3) is 6.24. The van der Waals surface area contributed by atoms with E-state index < -0.39 is 21.8 Å². The summed E-state index contributed by atoms with van der Waals surface area (Å²) in [6.07, 6.45) is 9.76. The Labute approximate surface area is 356 Å². The van der Waals surface area contributed by atoms with E-state index in [9.17, 15) is 19.5 Å². The number of hydrogen-bond donors (Lipinski definition) is 1. The maximum atomic E-state index is 14.0. The molecule has 1 spiro atoms. The van der Waals surface area contributed by atoms with Crippen LogP contribution in [0, 0.1) is 27.6 Å². The number of halogens is 2. The van der Waals surface area contributed by atoms with E-state index in [1.807, 2.05) is 56.2 Å². The van der Waals surface area contributed by atoms with Gasteiger partial charge in [-0.3, -0.25) is 19.3 Å². The number of epoxide rings is 1. The van der Waals surface area contributed by atoms with Crippen LogP contribution in [0.1, 0.15) is 70.9 Å². The van der Waals surface area contributed by atoms with Crippen LogP contribution >= 0.6 is 24.0 Å². The zero-order chi connectivity index (χ0) is 40.8. The summed E-state index contributed by atoms with van der Waals surface area (Å²) in [6.45, 7) is 14.3. The van der Waals surface area contributed by atoms with Gasteiger partial charge in [-0.1, -0.05) is 37.6 Å². The number of nitrogens with zero attached hydrogens (tertiary/aromatic N) is 2. The highest BCUT2D eigenvalue weighted by molar-refractivity contribution is 6.30. The summed E-state index contributed by atoms with van der Waals surface area (Å²) in [7, 11) is 0. The van der Waals surface area contributed by atoms with Crippen molar-refractivity contribution in [1.82, 2.24) is 9.80 Å². The number of carbonyl (C=O) groups excluding carboxylic acids is 3. The lowest BCUT2D eigenvalue weighted by Gasteiger charge is -2.62. The lowest BCUT2D eigenvalue weighted by molar-refractivity contribution is -0.162. The first kappa shape index (κ1) is 41.4. The van der Waals surface area contributed by atoms with Crippen molar-refractivity contribution in [3.8, 4) is 17.2 Å². The Morgan fingerprint density at radius 3 is 2.41 bits per heavy atom. The molecule has 10 rings (SSSR count). The molecule has 1 amide bonds. The van der Waals surface area contributed by atoms with E-state index in [4.69, 9.17) is 35.0 Å². The van der Waals surface area contributed by atoms with Gasteiger partial charge in [-0.05, 0) is 117 Å². The van der Waals surface area contributed by atoms with Gasteiger partial charge in [-0.25, -0.2) is 0 Å². The van der Waals surface area contributed by atoms with E-state index in [1.165, 1.54) is 11.1 Å². The number of furan rings is 1. The Morgan fingerprint density at radius 2 is 1.69 bits per heavy atom. The molecule has 1 aromatic heterocycles. The van der Waals surface area contributed by atoms with Crippen molar-refractivity contribution in [1.29, 1.82) is 0 Å². The van der Waals surface area contributed by atoms with Crippen LogP contribution in [0.15, 0.2) is 89.0 Å². The molecule has 7 unspecified atom stereocenters. The number of allylic oxidation sites excluding steroid dienone is 4. The van der Waals surface area contributed by atoms with E-state index in [1.54, 1.807) is 36.6 Å². The van der Waals surface area contributed by atoms with Crippen LogP contribution in [0.5, 0.6) is 17.2 Å². The van der Waals surface area contributed by atoms with Crippen molar-refractivity contribution >= 4 is 41.5 Å². The fourth-order valence-electron chi connectivity index (χ4n) is 12.0. The van der Waals surface area contributed by atoms with Crippen LogP contribution in [0.2, 0.25) is 5.02 Å². The molecule has 2 saturated heterocycles. The quantitative estimate of drug-likeness (QED) is 0.243. The average molecular weight is 848 g/mol. The number of amides is 1. The Balaban J connectivity index is 0.000000163. The van der Waals surface area contributed by atoms with Gasteiger partial charge in [0.25, 0.3) is 5.91 Å². The van der Waals surface area contributed by atoms with E-state index in [0.717, 1.165) is 50.4 Å². The third-order valence-electron chi connectivity index (χ3n) is 14.9. The highest BCUT2D eigenvalue weighted by atomic mass is 35.5. The maximum Gasteiger partial charge on any atom is 0.260 e. The second-order valence-electron chi connectivity index (χ2n) is 18.1. The first-order valence-electron chi connectivity index (χ1n) is 20.3. The standard InChI is InChI=1S/C26H30O5.C20H21ClN2O4.ClH/c1-22(2)17(27)7-9-23(3)16-6-10-24(4)15(14-8-11-30-13-14)12-18-26(24,31-18)25(16,5)21(29)19(28)20(22)23;21-16-2-4-17(5-3-16)25-13-20(24)23-9-7-22(8-10-23)12-15-1-6-18-19(11-15)27-14-26-18;/h7-9,11,13,15-16,18,28H,6,10,12H2,1-5H3;1-6,11H,7-10,12-14H2;1H. The van der Waals surface area contributed by atoms with Gasteiger partial charge in [0.05, 0.1) is 29.5 Å². The van der Waals surface area contributed by atoms with Gasteiger partial charge in [-0.15, -0.1) is 12.4 Å². The molecule has 59 heavy (non-hydrogen) atoms. The first-order valence-corrected chi connectivity index (χ1v) is 20.7. The van der Waals surface area contributed by atoms with Crippen molar-refractivity contribution in [2.75, 3.05) is 39.6 Å². The number of aliphatic hydroxyl groups excluding tert-OH is 1. The molecule has 3 aliphatic heterocycles. The summed E-state index contributed by atoms with van der Waals surface area (Å²) in [5.41, 5.74) is -0.214. The molecule has 7 atom stereocenters. The highest BCUT2D eigenvalue weighted by Crippen LogP contribution is 2.81.